The molecule has 2 rings (SSSR count). The Bertz CT molecular complexity index is 280. The minimum Gasteiger partial charge on any atom is -0.393 e. The first-order valence-electron chi connectivity index (χ1n) is 4.25. The molecule has 2 aliphatic heterocycles. The average Bonchev–Trinajstić information content (AvgIpc) is 2.72. The van der Waals surface area contributed by atoms with Gasteiger partial charge in [-0.3, -0.25) is 0 Å². The molecule has 0 aromatic heterocycles. The van der Waals surface area contributed by atoms with E-state index in [4.69, 9.17) is 19.7 Å². The molecule has 2 bridgehead atoms. The Balaban J connectivity index is 2.27. The van der Waals surface area contributed by atoms with Gasteiger partial charge in [0.1, 0.15) is 17.7 Å². The first-order valence-corrected chi connectivity index (χ1v) is 4.25. The molecular weight excluding hydrogens is 190 g/mol. The SMILES string of the molecule is CO[C@@H]1O[C@@]2(CO)CO[C@@H]1[C@@H]2N=[N+]=[N-]. The topological polar surface area (TPSA) is 96.7 Å². The molecule has 1 N–H and O–H groups in total. The van der Waals surface area contributed by atoms with Gasteiger partial charge in [0.15, 0.2) is 6.29 Å². The maximum Gasteiger partial charge on any atom is 0.184 e. The first kappa shape index (κ1) is 9.70. The van der Waals surface area contributed by atoms with Crippen LogP contribution in [-0.4, -0.2) is 49.5 Å². The van der Waals surface area contributed by atoms with Crippen LogP contribution in [0.25, 0.3) is 10.4 Å². The summed E-state index contributed by atoms with van der Waals surface area (Å²) < 4.78 is 15.8. The van der Waals surface area contributed by atoms with Crippen LogP contribution in [0.5, 0.6) is 0 Å². The van der Waals surface area contributed by atoms with Crippen molar-refractivity contribution < 1.29 is 19.3 Å². The molecule has 2 aliphatic rings. The van der Waals surface area contributed by atoms with E-state index < -0.39 is 24.0 Å². The van der Waals surface area contributed by atoms with Crippen molar-refractivity contribution in [2.24, 2.45) is 5.11 Å². The van der Waals surface area contributed by atoms with Gasteiger partial charge in [0.05, 0.1) is 13.2 Å². The van der Waals surface area contributed by atoms with Gasteiger partial charge in [-0.05, 0) is 5.53 Å². The van der Waals surface area contributed by atoms with E-state index in [1.807, 2.05) is 0 Å². The predicted molar refractivity (Wildman–Crippen MR) is 44.4 cm³/mol. The highest BCUT2D eigenvalue weighted by atomic mass is 16.7. The third kappa shape index (κ3) is 1.11. The maximum absolute atomic E-state index is 9.21. The van der Waals surface area contributed by atoms with Crippen LogP contribution >= 0.6 is 0 Å². The lowest BCUT2D eigenvalue weighted by atomic mass is 9.98. The molecule has 4 atom stereocenters. The Labute approximate surface area is 80.2 Å². The molecule has 0 aliphatic carbocycles. The van der Waals surface area contributed by atoms with Crippen LogP contribution in [-0.2, 0) is 14.2 Å². The summed E-state index contributed by atoms with van der Waals surface area (Å²) in [7, 11) is 1.48. The van der Waals surface area contributed by atoms with Gasteiger partial charge in [0.2, 0.25) is 0 Å². The number of azide groups is 1. The molecule has 0 radical (unpaired) electrons. The molecule has 7 nitrogen and oxygen atoms in total. The molecule has 0 amide bonds. The summed E-state index contributed by atoms with van der Waals surface area (Å²) in [5.74, 6) is 0. The largest absolute Gasteiger partial charge is 0.393 e. The minimum atomic E-state index is -0.919. The van der Waals surface area contributed by atoms with Crippen LogP contribution < -0.4 is 0 Å². The van der Waals surface area contributed by atoms with E-state index in [0.29, 0.717) is 0 Å². The predicted octanol–water partition coefficient (Wildman–Crippen LogP) is -0.202. The lowest BCUT2D eigenvalue weighted by Crippen LogP contribution is -2.43. The number of hydrogen-bond acceptors (Lipinski definition) is 5. The Kier molecular flexibility index (Phi) is 2.34. The van der Waals surface area contributed by atoms with E-state index in [0.717, 1.165) is 0 Å². The molecule has 0 saturated carbocycles. The molecule has 0 aromatic carbocycles. The second-order valence-electron chi connectivity index (χ2n) is 3.37. The van der Waals surface area contributed by atoms with Crippen molar-refractivity contribution >= 4 is 0 Å². The summed E-state index contributed by atoms with van der Waals surface area (Å²) >= 11 is 0. The molecule has 2 fully saturated rings. The normalized spacial score (nSPS) is 45.1. The van der Waals surface area contributed by atoms with Crippen LogP contribution in [0.15, 0.2) is 5.11 Å². The highest BCUT2D eigenvalue weighted by Gasteiger charge is 2.61. The molecule has 78 valence electrons. The Morgan fingerprint density at radius 2 is 2.57 bits per heavy atom. The Hall–Kier alpha value is -0.850. The number of hydrogen-bond donors (Lipinski definition) is 1. The number of nitrogens with zero attached hydrogens (tertiary/aromatic N) is 3. The molecule has 0 unspecified atom stereocenters. The van der Waals surface area contributed by atoms with Crippen molar-refractivity contribution in [1.82, 2.24) is 0 Å². The monoisotopic (exact) mass is 201 g/mol. The van der Waals surface area contributed by atoms with Crippen molar-refractivity contribution in [2.45, 2.75) is 24.0 Å². The van der Waals surface area contributed by atoms with Gasteiger partial charge in [0.25, 0.3) is 0 Å². The average molecular weight is 201 g/mol. The number of ether oxygens (including phenoxy) is 3. The molecule has 2 saturated heterocycles. The van der Waals surface area contributed by atoms with E-state index >= 15 is 0 Å². The fourth-order valence-corrected chi connectivity index (χ4v) is 1.93. The quantitative estimate of drug-likeness (QED) is 0.388. The molecular formula is C7H11N3O4. The molecule has 2 heterocycles. The van der Waals surface area contributed by atoms with Gasteiger partial charge in [-0.2, -0.15) is 0 Å². The van der Waals surface area contributed by atoms with Crippen LogP contribution in [0.4, 0.5) is 0 Å². The number of aliphatic hydroxyl groups is 1. The maximum atomic E-state index is 9.21. The molecule has 7 heteroatoms. The van der Waals surface area contributed by atoms with Crippen molar-refractivity contribution in [1.29, 1.82) is 0 Å². The third-order valence-corrected chi connectivity index (χ3v) is 2.67. The fourth-order valence-electron chi connectivity index (χ4n) is 1.93. The smallest absolute Gasteiger partial charge is 0.184 e. The van der Waals surface area contributed by atoms with Crippen LogP contribution in [0.2, 0.25) is 0 Å². The molecule has 14 heavy (non-hydrogen) atoms. The second kappa shape index (κ2) is 3.38. The van der Waals surface area contributed by atoms with E-state index in [2.05, 4.69) is 10.0 Å². The molecule has 0 aromatic rings. The van der Waals surface area contributed by atoms with E-state index in [-0.39, 0.29) is 13.2 Å². The third-order valence-electron chi connectivity index (χ3n) is 2.67. The second-order valence-corrected chi connectivity index (χ2v) is 3.37. The standard InChI is InChI=1S/C7H11N3O4/c1-12-6-4-5(9-10-8)7(2-11,14-6)3-13-4/h4-6,11H,2-3H2,1H3/t4-,5+,6-,7+/m1/s1. The number of fused-ring (bicyclic) bond motifs is 2. The summed E-state index contributed by atoms with van der Waals surface area (Å²) in [6.45, 7) is -0.00917. The van der Waals surface area contributed by atoms with Crippen molar-refractivity contribution in [3.63, 3.8) is 0 Å². The van der Waals surface area contributed by atoms with Gasteiger partial charge in [-0.15, -0.1) is 0 Å². The zero-order valence-corrected chi connectivity index (χ0v) is 7.66. The summed E-state index contributed by atoms with van der Waals surface area (Å²) in [5.41, 5.74) is 7.46. The van der Waals surface area contributed by atoms with Crippen LogP contribution in [0.3, 0.4) is 0 Å². The minimum absolute atomic E-state index is 0.234. The Morgan fingerprint density at radius 1 is 1.79 bits per heavy atom. The van der Waals surface area contributed by atoms with Gasteiger partial charge in [0, 0.05) is 12.0 Å². The fraction of sp³-hybridized carbons (Fsp3) is 1.00. The van der Waals surface area contributed by atoms with Crippen LogP contribution in [0.1, 0.15) is 0 Å². The Morgan fingerprint density at radius 3 is 3.14 bits per heavy atom. The van der Waals surface area contributed by atoms with Crippen molar-refractivity contribution in [3.05, 3.63) is 10.4 Å². The van der Waals surface area contributed by atoms with Gasteiger partial charge in [-0.1, -0.05) is 5.11 Å². The van der Waals surface area contributed by atoms with Crippen molar-refractivity contribution in [3.8, 4) is 0 Å². The highest BCUT2D eigenvalue weighted by molar-refractivity contribution is 5.09. The van der Waals surface area contributed by atoms with Crippen LogP contribution in [0, 0.1) is 0 Å². The zero-order chi connectivity index (χ0) is 10.2. The lowest BCUT2D eigenvalue weighted by molar-refractivity contribution is -0.241. The number of aliphatic hydroxyl groups excluding tert-OH is 1. The zero-order valence-electron chi connectivity index (χ0n) is 7.66. The lowest BCUT2D eigenvalue weighted by Gasteiger charge is -2.28. The molecule has 0 spiro atoms. The van der Waals surface area contributed by atoms with E-state index in [9.17, 15) is 5.11 Å². The number of methoxy groups -OCH3 is 1. The first-order chi connectivity index (χ1) is 6.77. The highest BCUT2D eigenvalue weighted by Crippen LogP contribution is 2.41. The summed E-state index contributed by atoms with van der Waals surface area (Å²) in [6.07, 6.45) is -0.977. The van der Waals surface area contributed by atoms with Crippen molar-refractivity contribution in [2.75, 3.05) is 20.3 Å². The summed E-state index contributed by atoms with van der Waals surface area (Å²) in [5, 5.41) is 12.8. The van der Waals surface area contributed by atoms with E-state index in [1.54, 1.807) is 0 Å². The number of rotatable bonds is 3. The van der Waals surface area contributed by atoms with E-state index in [1.165, 1.54) is 7.11 Å². The van der Waals surface area contributed by atoms with Gasteiger partial charge >= 0.3 is 0 Å². The van der Waals surface area contributed by atoms with Gasteiger partial charge < -0.3 is 19.3 Å². The summed E-state index contributed by atoms with van der Waals surface area (Å²) in [6, 6.07) is -0.512. The summed E-state index contributed by atoms with van der Waals surface area (Å²) in [4.78, 5) is 2.72. The van der Waals surface area contributed by atoms with Gasteiger partial charge in [-0.25, -0.2) is 0 Å².